The maximum Gasteiger partial charge on any atom is 0.269 e. The Bertz CT molecular complexity index is 1060. The van der Waals surface area contributed by atoms with E-state index in [0.717, 1.165) is 11.1 Å². The second-order valence-electron chi connectivity index (χ2n) is 6.44. The van der Waals surface area contributed by atoms with Crippen LogP contribution in [0.25, 0.3) is 11.5 Å². The number of thiocarbonyl (C=S) groups is 1. The lowest BCUT2D eigenvalue weighted by Crippen LogP contribution is -2.42. The van der Waals surface area contributed by atoms with Crippen LogP contribution in [0.4, 0.5) is 5.69 Å². The van der Waals surface area contributed by atoms with Crippen molar-refractivity contribution in [1.82, 2.24) is 5.32 Å². The zero-order chi connectivity index (χ0) is 20.8. The minimum atomic E-state index is -0.500. The summed E-state index contributed by atoms with van der Waals surface area (Å²) in [6, 6.07) is 19.0. The quantitative estimate of drug-likeness (QED) is 0.170. The van der Waals surface area contributed by atoms with Crippen LogP contribution in [0.5, 0.6) is 0 Å². The largest absolute Gasteiger partial charge is 0.867 e. The SMILES string of the molecule is Cc1ccc[n+](/C(C(=S)NCc2ccccc2)=C(/[O-])c2ccc([N+](=O)[O-])cc2)c1. The maximum atomic E-state index is 13.2. The highest BCUT2D eigenvalue weighted by atomic mass is 32.1. The van der Waals surface area contributed by atoms with Gasteiger partial charge in [0.1, 0.15) is 0 Å². The average molecular weight is 405 g/mol. The molecule has 0 bridgehead atoms. The third kappa shape index (κ3) is 5.03. The highest BCUT2D eigenvalue weighted by molar-refractivity contribution is 7.81. The van der Waals surface area contributed by atoms with Gasteiger partial charge in [0.05, 0.1) is 4.92 Å². The number of nitro benzene ring substituents is 1. The van der Waals surface area contributed by atoms with Crippen LogP contribution in [-0.4, -0.2) is 9.91 Å². The van der Waals surface area contributed by atoms with Crippen LogP contribution in [-0.2, 0) is 6.54 Å². The molecule has 2 aromatic carbocycles. The van der Waals surface area contributed by atoms with Crippen molar-refractivity contribution in [1.29, 1.82) is 0 Å². The van der Waals surface area contributed by atoms with Crippen LogP contribution < -0.4 is 15.0 Å². The van der Waals surface area contributed by atoms with Crippen molar-refractivity contribution >= 4 is 34.3 Å². The lowest BCUT2D eigenvalue weighted by atomic mass is 10.1. The van der Waals surface area contributed by atoms with E-state index >= 15 is 0 Å². The van der Waals surface area contributed by atoms with Gasteiger partial charge in [0, 0.05) is 30.3 Å². The van der Waals surface area contributed by atoms with E-state index in [0.29, 0.717) is 17.1 Å². The molecular weight excluding hydrogens is 386 g/mol. The molecule has 0 spiro atoms. The van der Waals surface area contributed by atoms with Gasteiger partial charge in [-0.1, -0.05) is 42.5 Å². The molecule has 0 saturated carbocycles. The van der Waals surface area contributed by atoms with E-state index in [4.69, 9.17) is 12.2 Å². The monoisotopic (exact) mass is 405 g/mol. The Morgan fingerprint density at radius 2 is 1.76 bits per heavy atom. The number of pyridine rings is 1. The summed E-state index contributed by atoms with van der Waals surface area (Å²) in [5, 5.41) is 27.3. The number of aromatic nitrogens is 1. The van der Waals surface area contributed by atoms with Gasteiger partial charge in [-0.05, 0) is 42.0 Å². The van der Waals surface area contributed by atoms with Gasteiger partial charge in [-0.15, -0.1) is 0 Å². The highest BCUT2D eigenvalue weighted by Gasteiger charge is 2.19. The third-order valence-electron chi connectivity index (χ3n) is 4.27. The number of aryl methyl sites for hydroxylation is 1. The molecule has 0 radical (unpaired) electrons. The molecule has 3 rings (SSSR count). The summed E-state index contributed by atoms with van der Waals surface area (Å²) in [6.07, 6.45) is 3.57. The summed E-state index contributed by atoms with van der Waals surface area (Å²) in [6.45, 7) is 2.40. The standard InChI is InChI=1S/C22H19N3O3S/c1-16-6-5-13-24(15-16)20(22(29)23-14-17-7-3-2-4-8-17)21(26)18-9-11-19(12-10-18)25(27)28/h2-13,15H,14H2,1H3,(H-,23,26,29). The molecule has 0 amide bonds. The van der Waals surface area contributed by atoms with Gasteiger partial charge in [-0.3, -0.25) is 10.1 Å². The Morgan fingerprint density at radius 3 is 2.38 bits per heavy atom. The second kappa shape index (κ2) is 9.07. The zero-order valence-corrected chi connectivity index (χ0v) is 16.6. The van der Waals surface area contributed by atoms with E-state index in [1.807, 2.05) is 55.6 Å². The number of rotatable bonds is 6. The average Bonchev–Trinajstić information content (AvgIpc) is 2.73. The van der Waals surface area contributed by atoms with E-state index in [9.17, 15) is 15.2 Å². The molecule has 1 aromatic heterocycles. The predicted molar refractivity (Wildman–Crippen MR) is 113 cm³/mol. The third-order valence-corrected chi connectivity index (χ3v) is 4.61. The molecule has 7 heteroatoms. The van der Waals surface area contributed by atoms with Crippen LogP contribution in [0.2, 0.25) is 0 Å². The molecular formula is C22H19N3O3S. The van der Waals surface area contributed by atoms with E-state index in [2.05, 4.69) is 5.32 Å². The molecule has 0 unspecified atom stereocenters. The van der Waals surface area contributed by atoms with E-state index < -0.39 is 4.92 Å². The zero-order valence-electron chi connectivity index (χ0n) is 15.7. The van der Waals surface area contributed by atoms with Gasteiger partial charge in [0.2, 0.25) is 5.70 Å². The summed E-state index contributed by atoms with van der Waals surface area (Å²) in [5.74, 6) is -0.318. The maximum absolute atomic E-state index is 13.2. The predicted octanol–water partition coefficient (Wildman–Crippen LogP) is 2.99. The van der Waals surface area contributed by atoms with Crippen LogP contribution in [0.3, 0.4) is 0 Å². The Morgan fingerprint density at radius 1 is 1.07 bits per heavy atom. The topological polar surface area (TPSA) is 82.1 Å². The van der Waals surface area contributed by atoms with Crippen molar-refractivity contribution in [3.05, 3.63) is 106 Å². The fourth-order valence-corrected chi connectivity index (χ4v) is 3.07. The fraction of sp³-hybridized carbons (Fsp3) is 0.0909. The minimum Gasteiger partial charge on any atom is -0.867 e. The van der Waals surface area contributed by atoms with E-state index in [1.54, 1.807) is 10.8 Å². The first kappa shape index (κ1) is 20.2. The van der Waals surface area contributed by atoms with Crippen LogP contribution in [0, 0.1) is 17.0 Å². The van der Waals surface area contributed by atoms with Crippen LogP contribution in [0.1, 0.15) is 16.7 Å². The molecule has 3 aromatic rings. The first-order chi connectivity index (χ1) is 14.0. The number of nitrogens with zero attached hydrogens (tertiary/aromatic N) is 2. The Kier molecular flexibility index (Phi) is 6.31. The van der Waals surface area contributed by atoms with Gasteiger partial charge in [-0.2, -0.15) is 4.57 Å². The lowest BCUT2D eigenvalue weighted by molar-refractivity contribution is -0.578. The van der Waals surface area contributed by atoms with Crippen molar-refractivity contribution in [2.24, 2.45) is 0 Å². The van der Waals surface area contributed by atoms with Crippen molar-refractivity contribution in [2.75, 3.05) is 0 Å². The first-order valence-electron chi connectivity index (χ1n) is 8.92. The van der Waals surface area contributed by atoms with Crippen molar-refractivity contribution in [2.45, 2.75) is 13.5 Å². The Hall–Kier alpha value is -3.58. The number of hydrogen-bond acceptors (Lipinski definition) is 4. The van der Waals surface area contributed by atoms with Crippen molar-refractivity contribution < 1.29 is 14.6 Å². The molecule has 146 valence electrons. The molecule has 0 atom stereocenters. The highest BCUT2D eigenvalue weighted by Crippen LogP contribution is 2.19. The molecule has 0 saturated heterocycles. The number of nitro groups is 1. The summed E-state index contributed by atoms with van der Waals surface area (Å²) in [4.78, 5) is 10.7. The van der Waals surface area contributed by atoms with Gasteiger partial charge in [-0.25, -0.2) is 0 Å². The number of benzene rings is 2. The van der Waals surface area contributed by atoms with Crippen LogP contribution >= 0.6 is 12.2 Å². The fourth-order valence-electron chi connectivity index (χ4n) is 2.80. The van der Waals surface area contributed by atoms with E-state index in [1.165, 1.54) is 24.3 Å². The van der Waals surface area contributed by atoms with Gasteiger partial charge in [0.25, 0.3) is 5.69 Å². The van der Waals surface area contributed by atoms with Crippen LogP contribution in [0.15, 0.2) is 79.1 Å². The van der Waals surface area contributed by atoms with Gasteiger partial charge >= 0.3 is 0 Å². The first-order valence-corrected chi connectivity index (χ1v) is 9.33. The normalized spacial score (nSPS) is 11.5. The number of hydrogen-bond donors (Lipinski definition) is 1. The number of non-ortho nitro benzene ring substituents is 1. The second-order valence-corrected chi connectivity index (χ2v) is 6.85. The molecule has 0 aliphatic heterocycles. The van der Waals surface area contributed by atoms with Gasteiger partial charge in [0.15, 0.2) is 17.4 Å². The van der Waals surface area contributed by atoms with Gasteiger partial charge < -0.3 is 10.4 Å². The summed E-state index contributed by atoms with van der Waals surface area (Å²) in [5.41, 5.74) is 2.53. The molecule has 0 fully saturated rings. The van der Waals surface area contributed by atoms with Crippen molar-refractivity contribution in [3.63, 3.8) is 0 Å². The molecule has 0 aliphatic carbocycles. The molecule has 29 heavy (non-hydrogen) atoms. The molecule has 1 N–H and O–H groups in total. The summed E-state index contributed by atoms with van der Waals surface area (Å²) >= 11 is 5.55. The Balaban J connectivity index is 1.98. The minimum absolute atomic E-state index is 0.0731. The smallest absolute Gasteiger partial charge is 0.269 e. The molecule has 6 nitrogen and oxygen atoms in total. The molecule has 0 aliphatic rings. The number of nitrogens with one attached hydrogen (secondary N) is 1. The lowest BCUT2D eigenvalue weighted by Gasteiger charge is -2.17. The summed E-state index contributed by atoms with van der Waals surface area (Å²) in [7, 11) is 0. The van der Waals surface area contributed by atoms with E-state index in [-0.39, 0.29) is 17.1 Å². The Labute approximate surface area is 173 Å². The summed E-state index contributed by atoms with van der Waals surface area (Å²) < 4.78 is 1.68. The molecule has 1 heterocycles. The van der Waals surface area contributed by atoms with Crippen molar-refractivity contribution in [3.8, 4) is 0 Å².